The van der Waals surface area contributed by atoms with Crippen molar-refractivity contribution in [3.05, 3.63) is 29.3 Å². The van der Waals surface area contributed by atoms with Crippen LogP contribution in [0.1, 0.15) is 128 Å². The van der Waals surface area contributed by atoms with Crippen molar-refractivity contribution >= 4 is 0 Å². The molecule has 1 aromatic rings. The molecule has 0 bridgehead atoms. The van der Waals surface area contributed by atoms with Gasteiger partial charge in [-0.05, 0) is 43.4 Å². The van der Waals surface area contributed by atoms with Crippen LogP contribution in [0.3, 0.4) is 0 Å². The molecule has 0 saturated heterocycles. The molecule has 0 unspecified atom stereocenters. The van der Waals surface area contributed by atoms with Gasteiger partial charge < -0.3 is 9.84 Å². The Morgan fingerprint density at radius 2 is 1.13 bits per heavy atom. The summed E-state index contributed by atoms with van der Waals surface area (Å²) in [6.45, 7) is 5.18. The van der Waals surface area contributed by atoms with E-state index in [4.69, 9.17) is 4.74 Å². The van der Waals surface area contributed by atoms with E-state index in [0.29, 0.717) is 13.0 Å². The molecule has 0 atom stereocenters. The van der Waals surface area contributed by atoms with Crippen LogP contribution in [0.15, 0.2) is 18.2 Å². The zero-order valence-corrected chi connectivity index (χ0v) is 20.2. The minimum atomic E-state index is 0.191. The molecule has 0 aliphatic carbocycles. The van der Waals surface area contributed by atoms with Gasteiger partial charge in [-0.25, -0.2) is 0 Å². The van der Waals surface area contributed by atoms with E-state index in [0.717, 1.165) is 12.2 Å². The molecule has 0 aliphatic heterocycles. The maximum Gasteiger partial charge on any atom is 0.122 e. The lowest BCUT2D eigenvalue weighted by Crippen LogP contribution is -2.03. The third-order valence-electron chi connectivity index (χ3n) is 6.19. The van der Waals surface area contributed by atoms with Crippen LogP contribution in [0.4, 0.5) is 0 Å². The van der Waals surface area contributed by atoms with Gasteiger partial charge >= 0.3 is 0 Å². The van der Waals surface area contributed by atoms with Crippen LogP contribution in [0.2, 0.25) is 0 Å². The largest absolute Gasteiger partial charge is 0.494 e. The summed E-state index contributed by atoms with van der Waals surface area (Å²) in [6, 6.07) is 6.33. The summed E-state index contributed by atoms with van der Waals surface area (Å²) < 4.78 is 5.75. The number of unbranched alkanes of at least 4 members (excludes halogenated alkanes) is 15. The van der Waals surface area contributed by atoms with Gasteiger partial charge in [0.15, 0.2) is 0 Å². The van der Waals surface area contributed by atoms with Gasteiger partial charge in [0.25, 0.3) is 0 Å². The van der Waals surface area contributed by atoms with Crippen molar-refractivity contribution in [2.75, 3.05) is 13.2 Å². The molecule has 1 aromatic carbocycles. The lowest BCUT2D eigenvalue weighted by Gasteiger charge is -2.14. The van der Waals surface area contributed by atoms with Crippen LogP contribution in [0.5, 0.6) is 5.75 Å². The quantitative estimate of drug-likeness (QED) is 0.203. The van der Waals surface area contributed by atoms with Gasteiger partial charge in [0.1, 0.15) is 5.75 Å². The Labute approximate surface area is 187 Å². The summed E-state index contributed by atoms with van der Waals surface area (Å²) >= 11 is 0. The number of aryl methyl sites for hydroxylation is 1. The molecule has 2 nitrogen and oxygen atoms in total. The fourth-order valence-electron chi connectivity index (χ4n) is 4.40. The Kier molecular flexibility index (Phi) is 17.9. The Balaban J connectivity index is 1.98. The molecule has 0 fully saturated rings. The van der Waals surface area contributed by atoms with Crippen LogP contribution in [-0.2, 0) is 12.8 Å². The summed E-state index contributed by atoms with van der Waals surface area (Å²) in [5.74, 6) is 0.959. The molecule has 1 N–H and O–H groups in total. The number of hydrogen-bond donors (Lipinski definition) is 1. The molecule has 0 radical (unpaired) electrons. The first-order chi connectivity index (χ1) is 14.8. The van der Waals surface area contributed by atoms with Gasteiger partial charge in [-0.2, -0.15) is 0 Å². The van der Waals surface area contributed by atoms with Crippen LogP contribution < -0.4 is 4.74 Å². The second kappa shape index (κ2) is 19.9. The van der Waals surface area contributed by atoms with Crippen molar-refractivity contribution in [3.63, 3.8) is 0 Å². The van der Waals surface area contributed by atoms with E-state index in [9.17, 15) is 5.11 Å². The smallest absolute Gasteiger partial charge is 0.122 e. The molecule has 0 heterocycles. The first-order valence-electron chi connectivity index (χ1n) is 13.2. The molecule has 0 amide bonds. The van der Waals surface area contributed by atoms with Gasteiger partial charge in [-0.3, -0.25) is 0 Å². The lowest BCUT2D eigenvalue weighted by molar-refractivity contribution is 0.292. The average molecular weight is 419 g/mol. The number of aliphatic hydroxyl groups excluding tert-OH is 1. The predicted molar refractivity (Wildman–Crippen MR) is 132 cm³/mol. The summed E-state index contributed by atoms with van der Waals surface area (Å²) in [4.78, 5) is 0. The number of hydrogen-bond acceptors (Lipinski definition) is 2. The molecule has 0 aliphatic rings. The minimum absolute atomic E-state index is 0.191. The molecule has 30 heavy (non-hydrogen) atoms. The van der Waals surface area contributed by atoms with E-state index in [2.05, 4.69) is 19.1 Å². The lowest BCUT2D eigenvalue weighted by atomic mass is 9.97. The highest BCUT2D eigenvalue weighted by atomic mass is 16.5. The van der Waals surface area contributed by atoms with E-state index in [1.807, 2.05) is 13.0 Å². The summed E-state index contributed by atoms with van der Waals surface area (Å²) in [5, 5.41) is 9.39. The van der Waals surface area contributed by atoms with E-state index in [1.54, 1.807) is 0 Å². The topological polar surface area (TPSA) is 29.5 Å². The Bertz CT molecular complexity index is 497. The van der Waals surface area contributed by atoms with E-state index < -0.39 is 0 Å². The van der Waals surface area contributed by atoms with Gasteiger partial charge in [0.2, 0.25) is 0 Å². The van der Waals surface area contributed by atoms with Crippen molar-refractivity contribution in [2.24, 2.45) is 0 Å². The molecular weight excluding hydrogens is 368 g/mol. The normalized spacial score (nSPS) is 11.2. The summed E-state index contributed by atoms with van der Waals surface area (Å²) in [5.41, 5.74) is 2.57. The van der Waals surface area contributed by atoms with Crippen LogP contribution in [-0.4, -0.2) is 18.3 Å². The second-order valence-electron chi connectivity index (χ2n) is 8.85. The van der Waals surface area contributed by atoms with Crippen molar-refractivity contribution in [3.8, 4) is 5.75 Å². The van der Waals surface area contributed by atoms with Crippen LogP contribution in [0.25, 0.3) is 0 Å². The fraction of sp³-hybridized carbons (Fsp3) is 0.786. The third-order valence-corrected chi connectivity index (χ3v) is 6.19. The first kappa shape index (κ1) is 27.0. The van der Waals surface area contributed by atoms with Gasteiger partial charge in [-0.15, -0.1) is 0 Å². The van der Waals surface area contributed by atoms with Crippen LogP contribution in [0, 0.1) is 0 Å². The van der Waals surface area contributed by atoms with Gasteiger partial charge in [0, 0.05) is 6.61 Å². The number of ether oxygens (including phenoxy) is 1. The highest BCUT2D eigenvalue weighted by Crippen LogP contribution is 2.25. The number of aliphatic hydroxyl groups is 1. The average Bonchev–Trinajstić information content (AvgIpc) is 2.75. The number of benzene rings is 1. The molecule has 0 aromatic heterocycles. The highest BCUT2D eigenvalue weighted by Gasteiger charge is 2.08. The Hall–Kier alpha value is -1.02. The van der Waals surface area contributed by atoms with Gasteiger partial charge in [-0.1, -0.05) is 115 Å². The zero-order chi connectivity index (χ0) is 21.7. The Morgan fingerprint density at radius 1 is 0.633 bits per heavy atom. The first-order valence-corrected chi connectivity index (χ1v) is 13.2. The summed E-state index contributed by atoms with van der Waals surface area (Å²) in [6.07, 6.45) is 24.3. The SMILES string of the molecule is CCCCCCCCCCCCCCCCCCc1cccc(OCC)c1CCO. The monoisotopic (exact) mass is 418 g/mol. The maximum atomic E-state index is 9.39. The van der Waals surface area contributed by atoms with Crippen molar-refractivity contribution in [2.45, 2.75) is 129 Å². The molecular formula is C28H50O2. The predicted octanol–water partition coefficient (Wildman–Crippen LogP) is 8.42. The molecule has 0 spiro atoms. The molecule has 1 rings (SSSR count). The van der Waals surface area contributed by atoms with E-state index >= 15 is 0 Å². The van der Waals surface area contributed by atoms with Crippen LogP contribution >= 0.6 is 0 Å². The zero-order valence-electron chi connectivity index (χ0n) is 20.2. The van der Waals surface area contributed by atoms with Crippen molar-refractivity contribution in [1.29, 1.82) is 0 Å². The van der Waals surface area contributed by atoms with E-state index in [1.165, 1.54) is 114 Å². The molecule has 2 heteroatoms. The highest BCUT2D eigenvalue weighted by molar-refractivity contribution is 5.40. The third kappa shape index (κ3) is 13.3. The summed E-state index contributed by atoms with van der Waals surface area (Å²) in [7, 11) is 0. The molecule has 174 valence electrons. The number of rotatable bonds is 21. The standard InChI is InChI=1S/C28H50O2/c1-3-5-6-7-8-9-10-11-12-13-14-15-16-17-18-19-21-26-22-20-23-28(30-4-2)27(26)24-25-29/h20,22-23,29H,3-19,21,24-25H2,1-2H3. The van der Waals surface area contributed by atoms with E-state index in [-0.39, 0.29) is 6.61 Å². The van der Waals surface area contributed by atoms with Crippen molar-refractivity contribution < 1.29 is 9.84 Å². The van der Waals surface area contributed by atoms with Gasteiger partial charge in [0.05, 0.1) is 6.61 Å². The maximum absolute atomic E-state index is 9.39. The van der Waals surface area contributed by atoms with Crippen molar-refractivity contribution in [1.82, 2.24) is 0 Å². The Morgan fingerprint density at radius 3 is 1.60 bits per heavy atom. The fourth-order valence-corrected chi connectivity index (χ4v) is 4.40. The molecule has 0 saturated carbocycles. The second-order valence-corrected chi connectivity index (χ2v) is 8.85. The minimum Gasteiger partial charge on any atom is -0.494 e.